The number of hydrogen-bond acceptors (Lipinski definition) is 4. The van der Waals surface area contributed by atoms with Crippen LogP contribution >= 0.6 is 12.4 Å². The van der Waals surface area contributed by atoms with Crippen molar-refractivity contribution < 1.29 is 0 Å². The van der Waals surface area contributed by atoms with Crippen molar-refractivity contribution in [2.45, 2.75) is 0 Å². The molecule has 5 heteroatoms. The lowest BCUT2D eigenvalue weighted by Gasteiger charge is -1.90. The van der Waals surface area contributed by atoms with E-state index in [0.717, 1.165) is 22.7 Å². The van der Waals surface area contributed by atoms with Crippen molar-refractivity contribution in [2.24, 2.45) is 0 Å². The van der Waals surface area contributed by atoms with Gasteiger partial charge in [-0.1, -0.05) is 0 Å². The molecule has 0 unspecified atom stereocenters. The molecule has 0 bridgehead atoms. The Labute approximate surface area is 107 Å². The smallest absolute Gasteiger partial charge is 0.0315 e. The molecule has 0 atom stereocenters. The molecule has 92 valence electrons. The van der Waals surface area contributed by atoms with Gasteiger partial charge < -0.3 is 22.9 Å². The van der Waals surface area contributed by atoms with Gasteiger partial charge in [0.15, 0.2) is 0 Å². The summed E-state index contributed by atoms with van der Waals surface area (Å²) in [4.78, 5) is 0. The second kappa shape index (κ2) is 7.24. The van der Waals surface area contributed by atoms with Crippen LogP contribution in [0.3, 0.4) is 0 Å². The Morgan fingerprint density at radius 1 is 0.412 bits per heavy atom. The summed E-state index contributed by atoms with van der Waals surface area (Å²) in [6.07, 6.45) is 0. The van der Waals surface area contributed by atoms with E-state index < -0.39 is 0 Å². The highest BCUT2D eigenvalue weighted by atomic mass is 35.5. The van der Waals surface area contributed by atoms with Gasteiger partial charge in [-0.2, -0.15) is 0 Å². The summed E-state index contributed by atoms with van der Waals surface area (Å²) >= 11 is 0. The average molecular weight is 253 g/mol. The second-order valence-corrected chi connectivity index (χ2v) is 3.33. The van der Waals surface area contributed by atoms with Crippen LogP contribution in [0.4, 0.5) is 22.7 Å². The molecule has 0 radical (unpaired) electrons. The third-order valence-corrected chi connectivity index (χ3v) is 1.87. The van der Waals surface area contributed by atoms with Crippen LogP contribution in [0.15, 0.2) is 48.5 Å². The lowest BCUT2D eigenvalue weighted by atomic mass is 10.3. The van der Waals surface area contributed by atoms with Gasteiger partial charge in [-0.3, -0.25) is 0 Å². The maximum absolute atomic E-state index is 5.37. The van der Waals surface area contributed by atoms with Gasteiger partial charge in [0.2, 0.25) is 0 Å². The van der Waals surface area contributed by atoms with Gasteiger partial charge in [0.25, 0.3) is 0 Å². The molecule has 0 fully saturated rings. The van der Waals surface area contributed by atoms with E-state index in [1.165, 1.54) is 0 Å². The van der Waals surface area contributed by atoms with Gasteiger partial charge in [0, 0.05) is 22.7 Å². The molecule has 17 heavy (non-hydrogen) atoms. The molecule has 0 heterocycles. The number of rotatable bonds is 0. The Morgan fingerprint density at radius 3 is 0.647 bits per heavy atom. The summed E-state index contributed by atoms with van der Waals surface area (Å²) in [6.45, 7) is 0. The molecular weight excluding hydrogens is 236 g/mol. The number of hydrogen-bond donors (Lipinski definition) is 4. The van der Waals surface area contributed by atoms with Crippen molar-refractivity contribution in [1.29, 1.82) is 0 Å². The first-order valence-corrected chi connectivity index (χ1v) is 4.80. The molecular formula is C12H17ClN4. The number of benzene rings is 2. The van der Waals surface area contributed by atoms with E-state index in [9.17, 15) is 0 Å². The summed E-state index contributed by atoms with van der Waals surface area (Å²) in [6, 6.07) is 14.2. The van der Waals surface area contributed by atoms with Crippen molar-refractivity contribution in [2.75, 3.05) is 22.9 Å². The van der Waals surface area contributed by atoms with Gasteiger partial charge in [0.1, 0.15) is 0 Å². The van der Waals surface area contributed by atoms with Crippen LogP contribution in [0, 0.1) is 0 Å². The maximum Gasteiger partial charge on any atom is 0.0315 e. The minimum Gasteiger partial charge on any atom is -0.399 e. The first-order valence-electron chi connectivity index (χ1n) is 4.80. The Kier molecular flexibility index (Phi) is 6.36. The molecule has 0 amide bonds. The molecule has 2 aromatic rings. The second-order valence-electron chi connectivity index (χ2n) is 3.33. The fourth-order valence-corrected chi connectivity index (χ4v) is 0.992. The fourth-order valence-electron chi connectivity index (χ4n) is 0.992. The van der Waals surface area contributed by atoms with Crippen LogP contribution in [0.25, 0.3) is 0 Å². The number of halogens is 1. The molecule has 0 aliphatic carbocycles. The zero-order chi connectivity index (χ0) is 12.0. The van der Waals surface area contributed by atoms with Crippen molar-refractivity contribution in [3.63, 3.8) is 0 Å². The van der Waals surface area contributed by atoms with Crippen molar-refractivity contribution in [3.05, 3.63) is 48.5 Å². The average Bonchev–Trinajstić information content (AvgIpc) is 2.28. The van der Waals surface area contributed by atoms with Gasteiger partial charge >= 0.3 is 0 Å². The standard InChI is InChI=1S/2C6H8N2.ClH/c2*7-5-1-2-6(8)4-3-5;/h2*1-4H,7-8H2;1H. The zero-order valence-corrected chi connectivity index (χ0v) is 10.2. The Bertz CT molecular complexity index is 340. The molecule has 4 nitrogen and oxygen atoms in total. The SMILES string of the molecule is Cl.Nc1ccc(N)cc1.Nc1ccc(N)cc1. The minimum absolute atomic E-state index is 0. The topological polar surface area (TPSA) is 104 Å². The highest BCUT2D eigenvalue weighted by Gasteiger charge is 1.81. The fraction of sp³-hybridized carbons (Fsp3) is 0. The van der Waals surface area contributed by atoms with Crippen LogP contribution in [0.5, 0.6) is 0 Å². The first-order chi connectivity index (χ1) is 7.58. The molecule has 2 rings (SSSR count). The van der Waals surface area contributed by atoms with Crippen molar-refractivity contribution in [3.8, 4) is 0 Å². The van der Waals surface area contributed by atoms with Gasteiger partial charge in [0.05, 0.1) is 0 Å². The summed E-state index contributed by atoms with van der Waals surface area (Å²) < 4.78 is 0. The van der Waals surface area contributed by atoms with E-state index in [2.05, 4.69) is 0 Å². The van der Waals surface area contributed by atoms with E-state index in [1.807, 2.05) is 0 Å². The zero-order valence-electron chi connectivity index (χ0n) is 9.34. The molecule has 0 spiro atoms. The molecule has 0 saturated heterocycles. The summed E-state index contributed by atoms with van der Waals surface area (Å²) in [5, 5.41) is 0. The van der Waals surface area contributed by atoms with Gasteiger partial charge in [-0.05, 0) is 48.5 Å². The van der Waals surface area contributed by atoms with Crippen LogP contribution in [-0.4, -0.2) is 0 Å². The van der Waals surface area contributed by atoms with Crippen molar-refractivity contribution >= 4 is 35.2 Å². The minimum atomic E-state index is 0. The van der Waals surface area contributed by atoms with Crippen LogP contribution in [0.2, 0.25) is 0 Å². The monoisotopic (exact) mass is 252 g/mol. The normalized spacial score (nSPS) is 8.47. The highest BCUT2D eigenvalue weighted by Crippen LogP contribution is 2.05. The Morgan fingerprint density at radius 2 is 0.529 bits per heavy atom. The summed E-state index contributed by atoms with van der Waals surface area (Å²) in [7, 11) is 0. The van der Waals surface area contributed by atoms with Crippen LogP contribution in [0.1, 0.15) is 0 Å². The van der Waals surface area contributed by atoms with E-state index in [1.54, 1.807) is 48.5 Å². The van der Waals surface area contributed by atoms with Gasteiger partial charge in [-0.15, -0.1) is 12.4 Å². The number of nitrogen functional groups attached to an aromatic ring is 4. The lowest BCUT2D eigenvalue weighted by Crippen LogP contribution is -1.86. The molecule has 0 aliphatic rings. The van der Waals surface area contributed by atoms with Crippen molar-refractivity contribution in [1.82, 2.24) is 0 Å². The van der Waals surface area contributed by atoms with Gasteiger partial charge in [-0.25, -0.2) is 0 Å². The van der Waals surface area contributed by atoms with E-state index in [0.29, 0.717) is 0 Å². The third-order valence-electron chi connectivity index (χ3n) is 1.87. The molecule has 0 aromatic heterocycles. The summed E-state index contributed by atoms with van der Waals surface area (Å²) in [5.41, 5.74) is 24.5. The molecule has 2 aromatic carbocycles. The highest BCUT2D eigenvalue weighted by molar-refractivity contribution is 5.85. The Hall–Kier alpha value is -2.07. The predicted molar refractivity (Wildman–Crippen MR) is 77.8 cm³/mol. The molecule has 0 saturated carbocycles. The van der Waals surface area contributed by atoms with Crippen LogP contribution in [-0.2, 0) is 0 Å². The first kappa shape index (κ1) is 14.9. The van der Waals surface area contributed by atoms with E-state index >= 15 is 0 Å². The maximum atomic E-state index is 5.37. The summed E-state index contributed by atoms with van der Waals surface area (Å²) in [5.74, 6) is 0. The predicted octanol–water partition coefficient (Wildman–Crippen LogP) is 2.12. The lowest BCUT2D eigenvalue weighted by molar-refractivity contribution is 1.67. The number of nitrogens with two attached hydrogens (primary N) is 4. The molecule has 8 N–H and O–H groups in total. The Balaban J connectivity index is 0.000000284. The quantitative estimate of drug-likeness (QED) is 0.539. The number of anilines is 4. The largest absolute Gasteiger partial charge is 0.399 e. The molecule has 0 aliphatic heterocycles. The van der Waals surface area contributed by atoms with E-state index in [-0.39, 0.29) is 12.4 Å². The van der Waals surface area contributed by atoms with Crippen LogP contribution < -0.4 is 22.9 Å². The third kappa shape index (κ3) is 6.17. The van der Waals surface area contributed by atoms with E-state index in [4.69, 9.17) is 22.9 Å².